The molecule has 1 heterocycles. The molecule has 4 nitrogen and oxygen atoms in total. The normalized spacial score (nSPS) is 18.6. The third kappa shape index (κ3) is 4.47. The van der Waals surface area contributed by atoms with Crippen LogP contribution in [0.4, 0.5) is 5.69 Å². The Balaban J connectivity index is 1.79. The summed E-state index contributed by atoms with van der Waals surface area (Å²) < 4.78 is 5.24. The van der Waals surface area contributed by atoms with Gasteiger partial charge >= 0.3 is 0 Å². The molecule has 0 bridgehead atoms. The molecule has 0 saturated carbocycles. The van der Waals surface area contributed by atoms with E-state index in [1.54, 1.807) is 7.11 Å². The summed E-state index contributed by atoms with van der Waals surface area (Å²) in [6, 6.07) is 19.0. The highest BCUT2D eigenvalue weighted by molar-refractivity contribution is 5.95. The van der Waals surface area contributed by atoms with E-state index in [-0.39, 0.29) is 11.9 Å². The van der Waals surface area contributed by atoms with Gasteiger partial charge in [-0.15, -0.1) is 0 Å². The number of anilines is 1. The summed E-state index contributed by atoms with van der Waals surface area (Å²) in [7, 11) is 1.70. The highest BCUT2D eigenvalue weighted by Crippen LogP contribution is 2.22. The van der Waals surface area contributed by atoms with Crippen molar-refractivity contribution in [2.75, 3.05) is 38.3 Å². The topological polar surface area (TPSA) is 32.8 Å². The summed E-state index contributed by atoms with van der Waals surface area (Å²) in [5, 5.41) is 0. The fourth-order valence-corrected chi connectivity index (χ4v) is 3.34. The van der Waals surface area contributed by atoms with Gasteiger partial charge in [-0.25, -0.2) is 0 Å². The maximum absolute atomic E-state index is 12.7. The summed E-state index contributed by atoms with van der Waals surface area (Å²) in [5.74, 6) is 0.157. The Hall–Kier alpha value is -2.17. The van der Waals surface area contributed by atoms with Crippen molar-refractivity contribution >= 4 is 11.6 Å². The first kappa shape index (κ1) is 17.6. The third-order valence-electron chi connectivity index (χ3n) is 4.79. The lowest BCUT2D eigenvalue weighted by molar-refractivity contribution is -0.122. The standard InChI is InChI=1S/C21H26N2O2/c1-17-8-10-19(11-9-17)23-15-20(14-18-6-4-3-5-7-18)22(12-13-25-2)16-21(23)24/h3-11,20H,12-16H2,1-2H3. The molecule has 0 aromatic heterocycles. The van der Waals surface area contributed by atoms with Crippen LogP contribution in [0.2, 0.25) is 0 Å². The van der Waals surface area contributed by atoms with E-state index in [1.807, 2.05) is 23.1 Å². The molecule has 1 aliphatic rings. The summed E-state index contributed by atoms with van der Waals surface area (Å²) in [6.45, 7) is 4.63. The van der Waals surface area contributed by atoms with Gasteiger partial charge in [0, 0.05) is 31.9 Å². The van der Waals surface area contributed by atoms with Gasteiger partial charge in [0.2, 0.25) is 5.91 Å². The molecule has 2 aromatic carbocycles. The summed E-state index contributed by atoms with van der Waals surface area (Å²) in [5.41, 5.74) is 3.49. The largest absolute Gasteiger partial charge is 0.383 e. The Morgan fingerprint density at radius 1 is 1.08 bits per heavy atom. The minimum Gasteiger partial charge on any atom is -0.383 e. The zero-order valence-corrected chi connectivity index (χ0v) is 15.0. The highest BCUT2D eigenvalue weighted by atomic mass is 16.5. The van der Waals surface area contributed by atoms with Crippen molar-refractivity contribution in [1.29, 1.82) is 0 Å². The average molecular weight is 338 g/mol. The molecule has 1 atom stereocenters. The van der Waals surface area contributed by atoms with Crippen LogP contribution in [0.1, 0.15) is 11.1 Å². The van der Waals surface area contributed by atoms with Gasteiger partial charge in [0.1, 0.15) is 0 Å². The summed E-state index contributed by atoms with van der Waals surface area (Å²) >= 11 is 0. The Kier molecular flexibility index (Phi) is 5.84. The van der Waals surface area contributed by atoms with Crippen molar-refractivity contribution in [3.8, 4) is 0 Å². The van der Waals surface area contributed by atoms with Gasteiger partial charge in [-0.2, -0.15) is 0 Å². The van der Waals surface area contributed by atoms with E-state index in [0.29, 0.717) is 19.7 Å². The lowest BCUT2D eigenvalue weighted by Crippen LogP contribution is -2.57. The lowest BCUT2D eigenvalue weighted by Gasteiger charge is -2.41. The zero-order valence-electron chi connectivity index (χ0n) is 15.0. The van der Waals surface area contributed by atoms with E-state index in [9.17, 15) is 4.79 Å². The monoisotopic (exact) mass is 338 g/mol. The van der Waals surface area contributed by atoms with Crippen LogP contribution in [-0.2, 0) is 16.0 Å². The van der Waals surface area contributed by atoms with Gasteiger partial charge in [0.25, 0.3) is 0 Å². The van der Waals surface area contributed by atoms with Crippen molar-refractivity contribution in [2.24, 2.45) is 0 Å². The number of nitrogens with zero attached hydrogens (tertiary/aromatic N) is 2. The molecule has 1 fully saturated rings. The first-order valence-electron chi connectivity index (χ1n) is 8.81. The molecule has 4 heteroatoms. The molecular weight excluding hydrogens is 312 g/mol. The number of aryl methyl sites for hydroxylation is 1. The van der Waals surface area contributed by atoms with Gasteiger partial charge in [0.05, 0.1) is 13.2 Å². The van der Waals surface area contributed by atoms with Crippen molar-refractivity contribution in [1.82, 2.24) is 4.90 Å². The molecule has 0 radical (unpaired) electrons. The SMILES string of the molecule is COCCN1CC(=O)N(c2ccc(C)cc2)CC1Cc1ccccc1. The third-order valence-corrected chi connectivity index (χ3v) is 4.79. The molecule has 0 N–H and O–H groups in total. The van der Waals surface area contributed by atoms with Crippen molar-refractivity contribution < 1.29 is 9.53 Å². The number of carbonyl (C=O) groups excluding carboxylic acids is 1. The van der Waals surface area contributed by atoms with Crippen LogP contribution in [-0.4, -0.2) is 50.2 Å². The molecule has 1 saturated heterocycles. The number of hydrogen-bond acceptors (Lipinski definition) is 3. The Bertz CT molecular complexity index is 685. The maximum Gasteiger partial charge on any atom is 0.241 e. The van der Waals surface area contributed by atoms with Gasteiger partial charge in [-0.3, -0.25) is 9.69 Å². The second-order valence-corrected chi connectivity index (χ2v) is 6.65. The second-order valence-electron chi connectivity index (χ2n) is 6.65. The number of carbonyl (C=O) groups is 1. The van der Waals surface area contributed by atoms with Crippen LogP contribution < -0.4 is 4.90 Å². The van der Waals surface area contributed by atoms with E-state index in [4.69, 9.17) is 4.74 Å². The molecular formula is C21H26N2O2. The number of rotatable bonds is 6. The molecule has 1 unspecified atom stereocenters. The van der Waals surface area contributed by atoms with Crippen molar-refractivity contribution in [3.63, 3.8) is 0 Å². The molecule has 2 aromatic rings. The fraction of sp³-hybridized carbons (Fsp3) is 0.381. The van der Waals surface area contributed by atoms with E-state index < -0.39 is 0 Å². The zero-order chi connectivity index (χ0) is 17.6. The number of piperazine rings is 1. The van der Waals surface area contributed by atoms with Gasteiger partial charge in [-0.1, -0.05) is 48.0 Å². The number of hydrogen-bond donors (Lipinski definition) is 0. The van der Waals surface area contributed by atoms with Gasteiger partial charge in [-0.05, 0) is 31.0 Å². The number of amides is 1. The van der Waals surface area contributed by atoms with Gasteiger partial charge in [0.15, 0.2) is 0 Å². The number of methoxy groups -OCH3 is 1. The Morgan fingerprint density at radius 2 is 1.80 bits per heavy atom. The van der Waals surface area contributed by atoms with Crippen LogP contribution >= 0.6 is 0 Å². The number of ether oxygens (including phenoxy) is 1. The second kappa shape index (κ2) is 8.28. The van der Waals surface area contributed by atoms with Crippen LogP contribution in [0.15, 0.2) is 54.6 Å². The molecule has 1 amide bonds. The molecule has 0 spiro atoms. The summed E-state index contributed by atoms with van der Waals surface area (Å²) in [6.07, 6.45) is 0.931. The van der Waals surface area contributed by atoms with Gasteiger partial charge < -0.3 is 9.64 Å². The smallest absolute Gasteiger partial charge is 0.241 e. The van der Waals surface area contributed by atoms with E-state index >= 15 is 0 Å². The minimum absolute atomic E-state index is 0.157. The maximum atomic E-state index is 12.7. The Morgan fingerprint density at radius 3 is 2.48 bits per heavy atom. The Labute approximate surface area is 150 Å². The minimum atomic E-state index is 0.157. The summed E-state index contributed by atoms with van der Waals surface area (Å²) in [4.78, 5) is 16.9. The predicted octanol–water partition coefficient (Wildman–Crippen LogP) is 2.90. The van der Waals surface area contributed by atoms with E-state index in [0.717, 1.165) is 18.7 Å². The predicted molar refractivity (Wildman–Crippen MR) is 101 cm³/mol. The molecule has 3 rings (SSSR count). The van der Waals surface area contributed by atoms with Crippen LogP contribution in [0, 0.1) is 6.92 Å². The van der Waals surface area contributed by atoms with E-state index in [1.165, 1.54) is 11.1 Å². The quantitative estimate of drug-likeness (QED) is 0.812. The first-order chi connectivity index (χ1) is 12.2. The van der Waals surface area contributed by atoms with Crippen LogP contribution in [0.3, 0.4) is 0 Å². The highest BCUT2D eigenvalue weighted by Gasteiger charge is 2.32. The number of benzene rings is 2. The first-order valence-corrected chi connectivity index (χ1v) is 8.81. The average Bonchev–Trinajstić information content (AvgIpc) is 2.63. The van der Waals surface area contributed by atoms with Crippen molar-refractivity contribution in [2.45, 2.75) is 19.4 Å². The van der Waals surface area contributed by atoms with Crippen LogP contribution in [0.25, 0.3) is 0 Å². The molecule has 132 valence electrons. The van der Waals surface area contributed by atoms with E-state index in [2.05, 4.69) is 48.2 Å². The molecule has 25 heavy (non-hydrogen) atoms. The van der Waals surface area contributed by atoms with Crippen LogP contribution in [0.5, 0.6) is 0 Å². The molecule has 0 aliphatic carbocycles. The lowest BCUT2D eigenvalue weighted by atomic mass is 10.0. The molecule has 1 aliphatic heterocycles. The fourth-order valence-electron chi connectivity index (χ4n) is 3.34. The van der Waals surface area contributed by atoms with Crippen molar-refractivity contribution in [3.05, 3.63) is 65.7 Å².